The minimum absolute atomic E-state index is 0.110. The third kappa shape index (κ3) is 3.29. The lowest BCUT2D eigenvalue weighted by molar-refractivity contribution is 0.0423. The van der Waals surface area contributed by atoms with Gasteiger partial charge < -0.3 is 13.7 Å². The van der Waals surface area contributed by atoms with Gasteiger partial charge in [0.2, 0.25) is 5.82 Å². The third-order valence-electron chi connectivity index (χ3n) is 4.13. The average molecular weight is 366 g/mol. The largest absolute Gasteiger partial charge is 0.451 e. The van der Waals surface area contributed by atoms with Crippen LogP contribution in [0.25, 0.3) is 17.0 Å². The summed E-state index contributed by atoms with van der Waals surface area (Å²) in [6.07, 6.45) is 1.61. The number of rotatable bonds is 4. The van der Waals surface area contributed by atoms with Crippen molar-refractivity contribution in [1.29, 1.82) is 0 Å². The molecule has 0 radical (unpaired) electrons. The molecule has 136 valence electrons. The zero-order chi connectivity index (χ0) is 19.0. The van der Waals surface area contributed by atoms with Crippen molar-refractivity contribution >= 4 is 11.6 Å². The molecule has 8 heteroatoms. The summed E-state index contributed by atoms with van der Waals surface area (Å²) in [4.78, 5) is 20.6. The first kappa shape index (κ1) is 16.9. The maximum absolute atomic E-state index is 13.7. The molecule has 0 N–H and O–H groups in total. The number of nitrogens with zero attached hydrogens (tertiary/aromatic N) is 4. The molecule has 27 heavy (non-hydrogen) atoms. The van der Waals surface area contributed by atoms with Crippen LogP contribution in [0, 0.1) is 19.7 Å². The molecule has 0 aliphatic rings. The zero-order valence-electron chi connectivity index (χ0n) is 14.6. The monoisotopic (exact) mass is 366 g/mol. The van der Waals surface area contributed by atoms with Crippen molar-refractivity contribution in [2.75, 3.05) is 0 Å². The first-order valence-electron chi connectivity index (χ1n) is 8.22. The molecule has 0 bridgehead atoms. The molecule has 1 aromatic carbocycles. The van der Waals surface area contributed by atoms with Crippen molar-refractivity contribution in [2.45, 2.75) is 20.5 Å². The van der Waals surface area contributed by atoms with E-state index in [9.17, 15) is 9.18 Å². The summed E-state index contributed by atoms with van der Waals surface area (Å²) >= 11 is 0. The predicted molar refractivity (Wildman–Crippen MR) is 93.5 cm³/mol. The first-order valence-corrected chi connectivity index (χ1v) is 8.22. The third-order valence-corrected chi connectivity index (χ3v) is 4.13. The van der Waals surface area contributed by atoms with Crippen molar-refractivity contribution in [3.05, 3.63) is 71.3 Å². The number of halogens is 1. The highest BCUT2D eigenvalue weighted by atomic mass is 19.1. The molecule has 0 unspecified atom stereocenters. The van der Waals surface area contributed by atoms with Gasteiger partial charge >= 0.3 is 5.97 Å². The molecule has 0 saturated heterocycles. The SMILES string of the molecule is Cc1ccc(-c2noc(COC(=O)c3cn4c(C)cccc4n3)n2)cc1F. The quantitative estimate of drug-likeness (QED) is 0.514. The van der Waals surface area contributed by atoms with E-state index in [0.717, 1.165) is 5.69 Å². The molecule has 0 saturated carbocycles. The molecule has 4 aromatic rings. The topological polar surface area (TPSA) is 82.5 Å². The van der Waals surface area contributed by atoms with Crippen LogP contribution in [0.4, 0.5) is 4.39 Å². The molecule has 0 aliphatic carbocycles. The van der Waals surface area contributed by atoms with Gasteiger partial charge in [0.05, 0.1) is 0 Å². The van der Waals surface area contributed by atoms with Gasteiger partial charge in [0, 0.05) is 17.5 Å². The lowest BCUT2D eigenvalue weighted by Crippen LogP contribution is -2.05. The number of pyridine rings is 1. The molecule has 3 heterocycles. The molecule has 0 aliphatic heterocycles. The molecular weight excluding hydrogens is 351 g/mol. The molecule has 4 rings (SSSR count). The van der Waals surface area contributed by atoms with E-state index in [1.165, 1.54) is 6.07 Å². The number of ether oxygens (including phenoxy) is 1. The van der Waals surface area contributed by atoms with E-state index in [2.05, 4.69) is 15.1 Å². The van der Waals surface area contributed by atoms with Crippen LogP contribution in [-0.2, 0) is 11.3 Å². The lowest BCUT2D eigenvalue weighted by Gasteiger charge is -1.98. The van der Waals surface area contributed by atoms with Crippen LogP contribution in [0.2, 0.25) is 0 Å². The van der Waals surface area contributed by atoms with E-state index >= 15 is 0 Å². The van der Waals surface area contributed by atoms with Crippen molar-refractivity contribution < 1.29 is 18.4 Å². The molecule has 0 fully saturated rings. The second kappa shape index (κ2) is 6.64. The molecule has 0 spiro atoms. The van der Waals surface area contributed by atoms with E-state index in [1.807, 2.05) is 19.1 Å². The smallest absolute Gasteiger partial charge is 0.359 e. The molecule has 0 amide bonds. The molecule has 7 nitrogen and oxygen atoms in total. The first-order chi connectivity index (χ1) is 13.0. The number of aryl methyl sites for hydroxylation is 2. The Hall–Kier alpha value is -3.55. The van der Waals surface area contributed by atoms with E-state index in [1.54, 1.807) is 35.7 Å². The van der Waals surface area contributed by atoms with Gasteiger partial charge in [0.25, 0.3) is 5.89 Å². The highest BCUT2D eigenvalue weighted by Crippen LogP contribution is 2.19. The summed E-state index contributed by atoms with van der Waals surface area (Å²) in [5.74, 6) is -0.616. The second-order valence-electron chi connectivity index (χ2n) is 6.07. The highest BCUT2D eigenvalue weighted by molar-refractivity contribution is 5.88. The number of imidazole rings is 1. The Morgan fingerprint density at radius 1 is 1.22 bits per heavy atom. The van der Waals surface area contributed by atoms with Crippen molar-refractivity contribution in [3.63, 3.8) is 0 Å². The van der Waals surface area contributed by atoms with Gasteiger partial charge in [0.15, 0.2) is 12.3 Å². The van der Waals surface area contributed by atoms with E-state index < -0.39 is 5.97 Å². The Balaban J connectivity index is 1.46. The van der Waals surface area contributed by atoms with Gasteiger partial charge in [-0.15, -0.1) is 0 Å². The van der Waals surface area contributed by atoms with Gasteiger partial charge in [-0.3, -0.25) is 0 Å². The number of aromatic nitrogens is 4. The van der Waals surface area contributed by atoms with Gasteiger partial charge in [-0.05, 0) is 37.6 Å². The number of carbonyl (C=O) groups excluding carboxylic acids is 1. The standard InChI is InChI=1S/C19H15FN4O3/c1-11-6-7-13(8-14(11)20)18-22-17(27-23-18)10-26-19(25)15-9-24-12(2)4-3-5-16(24)21-15/h3-9H,10H2,1-2H3. The fraction of sp³-hybridized carbons (Fsp3) is 0.158. The summed E-state index contributed by atoms with van der Waals surface area (Å²) < 4.78 is 25.7. The zero-order valence-corrected chi connectivity index (χ0v) is 14.6. The molecular formula is C19H15FN4O3. The van der Waals surface area contributed by atoms with E-state index in [0.29, 0.717) is 16.8 Å². The maximum atomic E-state index is 13.7. The highest BCUT2D eigenvalue weighted by Gasteiger charge is 2.16. The fourth-order valence-corrected chi connectivity index (χ4v) is 2.61. The van der Waals surface area contributed by atoms with Gasteiger partial charge in [-0.25, -0.2) is 14.2 Å². The van der Waals surface area contributed by atoms with E-state index in [4.69, 9.17) is 9.26 Å². The lowest BCUT2D eigenvalue weighted by atomic mass is 10.1. The second-order valence-corrected chi connectivity index (χ2v) is 6.07. The number of carbonyl (C=O) groups is 1. The Bertz CT molecular complexity index is 1150. The Labute approximate surface area is 153 Å². The minimum Gasteiger partial charge on any atom is -0.451 e. The summed E-state index contributed by atoms with van der Waals surface area (Å²) in [7, 11) is 0. The van der Waals surface area contributed by atoms with Crippen LogP contribution in [0.1, 0.15) is 27.6 Å². The number of fused-ring (bicyclic) bond motifs is 1. The van der Waals surface area contributed by atoms with E-state index in [-0.39, 0.29) is 29.8 Å². The van der Waals surface area contributed by atoms with Crippen molar-refractivity contribution in [3.8, 4) is 11.4 Å². The van der Waals surface area contributed by atoms with Crippen LogP contribution >= 0.6 is 0 Å². The normalized spacial score (nSPS) is 11.1. The fourth-order valence-electron chi connectivity index (χ4n) is 2.61. The number of benzene rings is 1. The predicted octanol–water partition coefficient (Wildman–Crippen LogP) is 3.50. The summed E-state index contributed by atoms with van der Waals surface area (Å²) in [5, 5.41) is 3.79. The summed E-state index contributed by atoms with van der Waals surface area (Å²) in [6, 6.07) is 10.2. The van der Waals surface area contributed by atoms with Crippen LogP contribution in [0.3, 0.4) is 0 Å². The molecule has 0 atom stereocenters. The van der Waals surface area contributed by atoms with Crippen LogP contribution in [0.5, 0.6) is 0 Å². The number of esters is 1. The Morgan fingerprint density at radius 2 is 2.07 bits per heavy atom. The van der Waals surface area contributed by atoms with Crippen molar-refractivity contribution in [1.82, 2.24) is 19.5 Å². The van der Waals surface area contributed by atoms with Gasteiger partial charge in [-0.1, -0.05) is 23.4 Å². The van der Waals surface area contributed by atoms with Crippen molar-refractivity contribution in [2.24, 2.45) is 0 Å². The minimum atomic E-state index is -0.598. The van der Waals surface area contributed by atoms with Gasteiger partial charge in [0.1, 0.15) is 11.5 Å². The number of hydrogen-bond donors (Lipinski definition) is 0. The van der Waals surface area contributed by atoms with Crippen LogP contribution in [0.15, 0.2) is 47.1 Å². The molecule has 3 aromatic heterocycles. The maximum Gasteiger partial charge on any atom is 0.359 e. The summed E-state index contributed by atoms with van der Waals surface area (Å²) in [6.45, 7) is 3.38. The summed E-state index contributed by atoms with van der Waals surface area (Å²) in [5.41, 5.74) is 2.80. The van der Waals surface area contributed by atoms with Crippen LogP contribution < -0.4 is 0 Å². The van der Waals surface area contributed by atoms with Crippen LogP contribution in [-0.4, -0.2) is 25.5 Å². The Kier molecular flexibility index (Phi) is 4.15. The average Bonchev–Trinajstić information content (AvgIpc) is 3.30. The number of hydrogen-bond acceptors (Lipinski definition) is 6. The van der Waals surface area contributed by atoms with Gasteiger partial charge in [-0.2, -0.15) is 4.98 Å². The Morgan fingerprint density at radius 3 is 2.85 bits per heavy atom.